The molecule has 0 bridgehead atoms. The molecule has 0 saturated heterocycles. The molecule has 1 aliphatic rings. The Kier molecular flexibility index (Phi) is 4.17. The van der Waals surface area contributed by atoms with Crippen LogP contribution < -0.4 is 10.6 Å². The highest BCUT2D eigenvalue weighted by atomic mass is 15.3. The van der Waals surface area contributed by atoms with E-state index in [1.807, 2.05) is 11.7 Å². The van der Waals surface area contributed by atoms with E-state index in [0.29, 0.717) is 6.54 Å². The number of hydrogen-bond acceptors (Lipinski definition) is 4. The van der Waals surface area contributed by atoms with Crippen LogP contribution in [0.4, 0.5) is 5.69 Å². The van der Waals surface area contributed by atoms with Crippen molar-refractivity contribution in [3.05, 3.63) is 46.3 Å². The van der Waals surface area contributed by atoms with Crippen LogP contribution in [-0.4, -0.2) is 35.3 Å². The molecule has 2 aromatic rings. The fraction of sp³-hybridized carbons (Fsp3) is 0.500. The molecule has 1 aliphatic heterocycles. The van der Waals surface area contributed by atoms with Crippen molar-refractivity contribution in [3.63, 3.8) is 0 Å². The number of rotatable bonds is 4. The van der Waals surface area contributed by atoms with Crippen molar-refractivity contribution in [2.24, 2.45) is 12.8 Å². The van der Waals surface area contributed by atoms with Crippen molar-refractivity contribution in [3.8, 4) is 0 Å². The molecular weight excluding hydrogens is 286 g/mol. The van der Waals surface area contributed by atoms with Crippen molar-refractivity contribution >= 4 is 5.69 Å². The molecule has 3 rings (SSSR count). The van der Waals surface area contributed by atoms with Gasteiger partial charge in [-0.05, 0) is 31.0 Å². The molecule has 0 fully saturated rings. The van der Waals surface area contributed by atoms with Gasteiger partial charge in [-0.2, -0.15) is 5.10 Å². The Morgan fingerprint density at radius 1 is 1.30 bits per heavy atom. The Hall–Kier alpha value is -1.85. The monoisotopic (exact) mass is 313 g/mol. The summed E-state index contributed by atoms with van der Waals surface area (Å²) in [4.78, 5) is 4.67. The molecule has 1 atom stereocenters. The summed E-state index contributed by atoms with van der Waals surface area (Å²) in [6.07, 6.45) is 0. The molecule has 5 heteroatoms. The van der Waals surface area contributed by atoms with E-state index in [0.717, 1.165) is 18.8 Å². The number of aromatic nitrogens is 2. The van der Waals surface area contributed by atoms with E-state index in [2.05, 4.69) is 61.0 Å². The van der Waals surface area contributed by atoms with Crippen molar-refractivity contribution < 1.29 is 0 Å². The summed E-state index contributed by atoms with van der Waals surface area (Å²) >= 11 is 0. The zero-order chi connectivity index (χ0) is 16.7. The molecule has 0 amide bonds. The van der Waals surface area contributed by atoms with Crippen LogP contribution >= 0.6 is 0 Å². The molecule has 5 nitrogen and oxygen atoms in total. The summed E-state index contributed by atoms with van der Waals surface area (Å²) in [5, 5.41) is 4.55. The first-order valence-corrected chi connectivity index (χ1v) is 8.16. The summed E-state index contributed by atoms with van der Waals surface area (Å²) < 4.78 is 1.97. The minimum Gasteiger partial charge on any atom is -0.377 e. The van der Waals surface area contributed by atoms with Crippen LogP contribution in [0, 0.1) is 13.8 Å². The highest BCUT2D eigenvalue weighted by Gasteiger charge is 2.32. The van der Waals surface area contributed by atoms with Gasteiger partial charge in [0.2, 0.25) is 0 Å². The Morgan fingerprint density at radius 2 is 2.04 bits per heavy atom. The SMILES string of the molecule is Cc1nn(C)c(C)c1CN1Cc2c(cccc2N(C)C)C1CN. The predicted octanol–water partition coefficient (Wildman–Crippen LogP) is 2.12. The molecule has 1 aromatic carbocycles. The maximum atomic E-state index is 6.12. The van der Waals surface area contributed by atoms with Crippen molar-refractivity contribution in [1.29, 1.82) is 0 Å². The van der Waals surface area contributed by atoms with Gasteiger partial charge in [-0.1, -0.05) is 12.1 Å². The zero-order valence-corrected chi connectivity index (χ0v) is 14.8. The number of nitrogens with zero attached hydrogens (tertiary/aromatic N) is 4. The fourth-order valence-corrected chi connectivity index (χ4v) is 3.70. The van der Waals surface area contributed by atoms with Crippen LogP contribution in [0.2, 0.25) is 0 Å². The molecule has 124 valence electrons. The first-order chi connectivity index (χ1) is 10.9. The van der Waals surface area contributed by atoms with E-state index in [-0.39, 0.29) is 6.04 Å². The Morgan fingerprint density at radius 3 is 2.61 bits per heavy atom. The van der Waals surface area contributed by atoms with Gasteiger partial charge in [0.1, 0.15) is 0 Å². The van der Waals surface area contributed by atoms with Gasteiger partial charge >= 0.3 is 0 Å². The van der Waals surface area contributed by atoms with Crippen LogP contribution in [0.1, 0.15) is 34.1 Å². The van der Waals surface area contributed by atoms with Gasteiger partial charge < -0.3 is 10.6 Å². The average molecular weight is 313 g/mol. The quantitative estimate of drug-likeness (QED) is 0.939. The molecule has 0 saturated carbocycles. The van der Waals surface area contributed by atoms with Crippen molar-refractivity contribution in [2.75, 3.05) is 25.5 Å². The Labute approximate surface area is 138 Å². The topological polar surface area (TPSA) is 50.3 Å². The standard InChI is InChI=1S/C18H27N5/c1-12-15(13(2)22(5)20-12)10-23-11-16-14(18(23)9-19)7-6-8-17(16)21(3)4/h6-8,18H,9-11,19H2,1-5H3. The number of benzene rings is 1. The molecule has 2 heterocycles. The van der Waals surface area contributed by atoms with Crippen molar-refractivity contribution in [1.82, 2.24) is 14.7 Å². The lowest BCUT2D eigenvalue weighted by Crippen LogP contribution is -2.28. The molecule has 23 heavy (non-hydrogen) atoms. The third kappa shape index (κ3) is 2.64. The zero-order valence-electron chi connectivity index (χ0n) is 14.8. The van der Waals surface area contributed by atoms with Crippen molar-refractivity contribution in [2.45, 2.75) is 33.0 Å². The maximum absolute atomic E-state index is 6.12. The van der Waals surface area contributed by atoms with Gasteiger partial charge in [-0.15, -0.1) is 0 Å². The van der Waals surface area contributed by atoms with Gasteiger partial charge in [-0.25, -0.2) is 0 Å². The minimum atomic E-state index is 0.281. The summed E-state index contributed by atoms with van der Waals surface area (Å²) in [6, 6.07) is 6.84. The van der Waals surface area contributed by atoms with Gasteiger partial charge in [0.15, 0.2) is 0 Å². The predicted molar refractivity (Wildman–Crippen MR) is 94.5 cm³/mol. The molecule has 0 aliphatic carbocycles. The van der Waals surface area contributed by atoms with E-state index in [4.69, 9.17) is 5.73 Å². The molecule has 1 aromatic heterocycles. The lowest BCUT2D eigenvalue weighted by Gasteiger charge is -2.24. The number of nitrogens with two attached hydrogens (primary N) is 1. The van der Waals surface area contributed by atoms with Gasteiger partial charge in [0.25, 0.3) is 0 Å². The van der Waals surface area contributed by atoms with Gasteiger partial charge in [0.05, 0.1) is 5.69 Å². The lowest BCUT2D eigenvalue weighted by molar-refractivity contribution is 0.210. The molecule has 2 N–H and O–H groups in total. The second-order valence-corrected chi connectivity index (χ2v) is 6.67. The lowest BCUT2D eigenvalue weighted by atomic mass is 10.0. The first-order valence-electron chi connectivity index (χ1n) is 8.16. The largest absolute Gasteiger partial charge is 0.377 e. The third-order valence-corrected chi connectivity index (χ3v) is 5.07. The first kappa shape index (κ1) is 16.0. The third-order valence-electron chi connectivity index (χ3n) is 5.07. The highest BCUT2D eigenvalue weighted by Crippen LogP contribution is 2.39. The summed E-state index contributed by atoms with van der Waals surface area (Å²) in [6.45, 7) is 6.71. The smallest absolute Gasteiger partial charge is 0.0641 e. The van der Waals surface area contributed by atoms with E-state index in [9.17, 15) is 0 Å². The van der Waals surface area contributed by atoms with E-state index in [1.165, 1.54) is 28.1 Å². The summed E-state index contributed by atoms with van der Waals surface area (Å²) in [5.74, 6) is 0. The van der Waals surface area contributed by atoms with Crippen LogP contribution in [-0.2, 0) is 20.1 Å². The molecular formula is C18H27N5. The van der Waals surface area contributed by atoms with Gasteiger partial charge in [-0.3, -0.25) is 9.58 Å². The normalized spacial score (nSPS) is 17.6. The highest BCUT2D eigenvalue weighted by molar-refractivity contribution is 5.58. The van der Waals surface area contributed by atoms with E-state index >= 15 is 0 Å². The number of fused-ring (bicyclic) bond motifs is 1. The van der Waals surface area contributed by atoms with E-state index < -0.39 is 0 Å². The molecule has 1 unspecified atom stereocenters. The van der Waals surface area contributed by atoms with Crippen LogP contribution in [0.25, 0.3) is 0 Å². The van der Waals surface area contributed by atoms with Crippen LogP contribution in [0.15, 0.2) is 18.2 Å². The van der Waals surface area contributed by atoms with E-state index in [1.54, 1.807) is 0 Å². The minimum absolute atomic E-state index is 0.281. The van der Waals surface area contributed by atoms with Crippen LogP contribution in [0.3, 0.4) is 0 Å². The summed E-state index contributed by atoms with van der Waals surface area (Å²) in [7, 11) is 6.21. The molecule has 0 spiro atoms. The Balaban J connectivity index is 1.95. The number of hydrogen-bond donors (Lipinski definition) is 1. The van der Waals surface area contributed by atoms with Crippen LogP contribution in [0.5, 0.6) is 0 Å². The Bertz CT molecular complexity index is 716. The number of aryl methyl sites for hydroxylation is 2. The second kappa shape index (κ2) is 5.98. The number of anilines is 1. The molecule has 0 radical (unpaired) electrons. The average Bonchev–Trinajstić information content (AvgIpc) is 2.98. The fourth-order valence-electron chi connectivity index (χ4n) is 3.70. The second-order valence-electron chi connectivity index (χ2n) is 6.67. The maximum Gasteiger partial charge on any atom is 0.0641 e. The van der Waals surface area contributed by atoms with Gasteiger partial charge in [0, 0.05) is 63.8 Å². The summed E-state index contributed by atoms with van der Waals surface area (Å²) in [5.41, 5.74) is 13.9.